The second-order valence-corrected chi connectivity index (χ2v) is 7.28. The van der Waals surface area contributed by atoms with E-state index in [1.165, 1.54) is 4.90 Å². The number of nitrogens with zero attached hydrogens (tertiary/aromatic N) is 3. The van der Waals surface area contributed by atoms with Crippen LogP contribution in [0.25, 0.3) is 5.69 Å². The van der Waals surface area contributed by atoms with Crippen molar-refractivity contribution >= 4 is 11.8 Å². The number of hydrogen-bond acceptors (Lipinski definition) is 4. The fourth-order valence-electron chi connectivity index (χ4n) is 3.86. The van der Waals surface area contributed by atoms with Crippen molar-refractivity contribution in [2.45, 2.75) is 18.8 Å². The molecule has 0 spiro atoms. The topological polar surface area (TPSA) is 105 Å². The zero-order chi connectivity index (χ0) is 21.1. The van der Waals surface area contributed by atoms with E-state index in [1.54, 1.807) is 4.57 Å². The summed E-state index contributed by atoms with van der Waals surface area (Å²) >= 11 is 0. The minimum absolute atomic E-state index is 0.134. The molecule has 1 aliphatic heterocycles. The first kappa shape index (κ1) is 19.4. The van der Waals surface area contributed by atoms with Crippen molar-refractivity contribution in [3.05, 3.63) is 72.1 Å². The molecule has 152 valence electrons. The molecular formula is C23H22N4O3. The fourth-order valence-corrected chi connectivity index (χ4v) is 3.86. The van der Waals surface area contributed by atoms with E-state index in [9.17, 15) is 10.1 Å². The molecule has 1 aromatic heterocycles. The van der Waals surface area contributed by atoms with Crippen LogP contribution in [-0.2, 0) is 0 Å². The van der Waals surface area contributed by atoms with Crippen LogP contribution in [0.2, 0.25) is 0 Å². The van der Waals surface area contributed by atoms with Crippen molar-refractivity contribution < 1.29 is 14.6 Å². The highest BCUT2D eigenvalue weighted by atomic mass is 16.5. The van der Waals surface area contributed by atoms with E-state index in [1.807, 2.05) is 60.8 Å². The Labute approximate surface area is 174 Å². The summed E-state index contributed by atoms with van der Waals surface area (Å²) in [5.74, 6) is 1.59. The smallest absolute Gasteiger partial charge is 0.407 e. The van der Waals surface area contributed by atoms with Crippen molar-refractivity contribution in [3.63, 3.8) is 0 Å². The van der Waals surface area contributed by atoms with Gasteiger partial charge in [0, 0.05) is 25.0 Å². The van der Waals surface area contributed by atoms with Crippen LogP contribution in [0.15, 0.2) is 60.8 Å². The number of ether oxygens (including phenoxy) is 1. The van der Waals surface area contributed by atoms with Crippen LogP contribution in [0, 0.1) is 11.3 Å². The van der Waals surface area contributed by atoms with E-state index in [4.69, 9.17) is 15.6 Å². The Balaban J connectivity index is 1.57. The van der Waals surface area contributed by atoms with E-state index in [2.05, 4.69) is 6.07 Å². The lowest BCUT2D eigenvalue weighted by molar-refractivity contribution is 0.132. The number of nitrogen functional groups attached to an aromatic ring is 1. The molecule has 30 heavy (non-hydrogen) atoms. The van der Waals surface area contributed by atoms with Gasteiger partial charge in [0.15, 0.2) is 0 Å². The number of nitrogens with two attached hydrogens (primary N) is 1. The van der Waals surface area contributed by atoms with Crippen LogP contribution >= 0.6 is 0 Å². The summed E-state index contributed by atoms with van der Waals surface area (Å²) in [5.41, 5.74) is 8.89. The van der Waals surface area contributed by atoms with Gasteiger partial charge in [0.1, 0.15) is 23.3 Å². The molecule has 0 bridgehead atoms. The Bertz CT molecular complexity index is 1080. The molecule has 1 aliphatic rings. The van der Waals surface area contributed by atoms with Gasteiger partial charge in [-0.1, -0.05) is 18.2 Å². The number of nitriles is 1. The van der Waals surface area contributed by atoms with Gasteiger partial charge in [0.05, 0.1) is 5.69 Å². The van der Waals surface area contributed by atoms with Gasteiger partial charge < -0.3 is 25.0 Å². The Morgan fingerprint density at radius 3 is 2.30 bits per heavy atom. The van der Waals surface area contributed by atoms with Crippen molar-refractivity contribution in [3.8, 4) is 23.3 Å². The van der Waals surface area contributed by atoms with Crippen LogP contribution in [-0.4, -0.2) is 33.8 Å². The van der Waals surface area contributed by atoms with Gasteiger partial charge in [0.2, 0.25) is 0 Å². The Morgan fingerprint density at radius 2 is 1.70 bits per heavy atom. The summed E-state index contributed by atoms with van der Waals surface area (Å²) in [6.07, 6.45) is 2.39. The third-order valence-electron chi connectivity index (χ3n) is 5.48. The SMILES string of the molecule is N#Cc1c(N)c(C2CCN(C(=O)O)CC2)cn1-c1ccc(Oc2ccccc2)cc1. The van der Waals surface area contributed by atoms with Gasteiger partial charge in [-0.25, -0.2) is 4.79 Å². The molecule has 0 atom stereocenters. The maximum absolute atomic E-state index is 11.1. The first-order valence-electron chi connectivity index (χ1n) is 9.79. The number of carboxylic acid groups (broad SMARTS) is 1. The monoisotopic (exact) mass is 402 g/mol. The molecule has 0 saturated carbocycles. The number of amides is 1. The highest BCUT2D eigenvalue weighted by Crippen LogP contribution is 2.36. The number of piperidine rings is 1. The molecule has 4 rings (SSSR count). The summed E-state index contributed by atoms with van der Waals surface area (Å²) in [7, 11) is 0. The van der Waals surface area contributed by atoms with E-state index >= 15 is 0 Å². The molecule has 1 fully saturated rings. The van der Waals surface area contributed by atoms with E-state index in [0.29, 0.717) is 43.1 Å². The highest BCUT2D eigenvalue weighted by Gasteiger charge is 2.27. The molecule has 7 nitrogen and oxygen atoms in total. The number of hydrogen-bond donors (Lipinski definition) is 2. The lowest BCUT2D eigenvalue weighted by Gasteiger charge is -2.29. The van der Waals surface area contributed by atoms with Crippen LogP contribution in [0.4, 0.5) is 10.5 Å². The normalized spacial score (nSPS) is 14.3. The van der Waals surface area contributed by atoms with Crippen LogP contribution in [0.3, 0.4) is 0 Å². The zero-order valence-corrected chi connectivity index (χ0v) is 16.4. The zero-order valence-electron chi connectivity index (χ0n) is 16.4. The number of rotatable bonds is 4. The van der Waals surface area contributed by atoms with E-state index in [-0.39, 0.29) is 5.92 Å². The maximum atomic E-state index is 11.1. The summed E-state index contributed by atoms with van der Waals surface area (Å²) < 4.78 is 7.62. The first-order chi connectivity index (χ1) is 14.6. The minimum Gasteiger partial charge on any atom is -0.465 e. The number of anilines is 1. The molecule has 0 radical (unpaired) electrons. The predicted octanol–water partition coefficient (Wildman–Crippen LogP) is 4.58. The third-order valence-corrected chi connectivity index (χ3v) is 5.48. The molecule has 2 aromatic carbocycles. The molecule has 7 heteroatoms. The highest BCUT2D eigenvalue weighted by molar-refractivity contribution is 5.65. The molecule has 0 unspecified atom stereocenters. The Hall–Kier alpha value is -3.92. The lowest BCUT2D eigenvalue weighted by Crippen LogP contribution is -2.36. The molecular weight excluding hydrogens is 380 g/mol. The summed E-state index contributed by atoms with van der Waals surface area (Å²) in [4.78, 5) is 12.6. The first-order valence-corrected chi connectivity index (χ1v) is 9.79. The van der Waals surface area contributed by atoms with Gasteiger partial charge in [-0.15, -0.1) is 0 Å². The summed E-state index contributed by atoms with van der Waals surface area (Å²) in [6.45, 7) is 0.941. The van der Waals surface area contributed by atoms with Crippen molar-refractivity contribution in [2.24, 2.45) is 0 Å². The van der Waals surface area contributed by atoms with E-state index in [0.717, 1.165) is 17.0 Å². The fraction of sp³-hybridized carbons (Fsp3) is 0.217. The lowest BCUT2D eigenvalue weighted by atomic mass is 9.90. The molecule has 0 aliphatic carbocycles. The van der Waals surface area contributed by atoms with Gasteiger partial charge in [-0.3, -0.25) is 0 Å². The Kier molecular flexibility index (Phi) is 5.31. The van der Waals surface area contributed by atoms with Gasteiger partial charge in [0.25, 0.3) is 0 Å². The second kappa shape index (κ2) is 8.21. The molecule has 3 N–H and O–H groups in total. The maximum Gasteiger partial charge on any atom is 0.407 e. The van der Waals surface area contributed by atoms with Gasteiger partial charge in [-0.2, -0.15) is 5.26 Å². The molecule has 1 amide bonds. The van der Waals surface area contributed by atoms with Crippen LogP contribution < -0.4 is 10.5 Å². The largest absolute Gasteiger partial charge is 0.465 e. The minimum atomic E-state index is -0.894. The molecule has 1 saturated heterocycles. The number of carbonyl (C=O) groups is 1. The van der Waals surface area contributed by atoms with Crippen molar-refractivity contribution in [1.82, 2.24) is 9.47 Å². The van der Waals surface area contributed by atoms with Crippen molar-refractivity contribution in [1.29, 1.82) is 5.26 Å². The number of aromatic nitrogens is 1. The Morgan fingerprint density at radius 1 is 1.07 bits per heavy atom. The molecule has 2 heterocycles. The average Bonchev–Trinajstić information content (AvgIpc) is 3.11. The second-order valence-electron chi connectivity index (χ2n) is 7.28. The van der Waals surface area contributed by atoms with Gasteiger partial charge in [-0.05, 0) is 60.7 Å². The number of para-hydroxylation sites is 1. The third kappa shape index (κ3) is 3.80. The summed E-state index contributed by atoms with van der Waals surface area (Å²) in [6, 6.07) is 19.2. The molecule has 3 aromatic rings. The standard InChI is InChI=1S/C23H22N4O3/c24-14-21-22(25)20(16-10-12-26(13-11-16)23(28)29)15-27(21)17-6-8-19(9-7-17)30-18-4-2-1-3-5-18/h1-9,15-16H,10-13,25H2,(H,28,29). The van der Waals surface area contributed by atoms with Crippen LogP contribution in [0.1, 0.15) is 30.0 Å². The van der Waals surface area contributed by atoms with Gasteiger partial charge >= 0.3 is 6.09 Å². The van der Waals surface area contributed by atoms with Crippen LogP contribution in [0.5, 0.6) is 11.5 Å². The predicted molar refractivity (Wildman–Crippen MR) is 113 cm³/mol. The average molecular weight is 402 g/mol. The number of benzene rings is 2. The van der Waals surface area contributed by atoms with Crippen molar-refractivity contribution in [2.75, 3.05) is 18.8 Å². The van der Waals surface area contributed by atoms with E-state index < -0.39 is 6.09 Å². The summed E-state index contributed by atoms with van der Waals surface area (Å²) in [5, 5.41) is 18.8. The quantitative estimate of drug-likeness (QED) is 0.665. The number of likely N-dealkylation sites (tertiary alicyclic amines) is 1.